The Hall–Kier alpha value is -2.64. The lowest BCUT2D eigenvalue weighted by atomic mass is 10.1. The number of halogens is 1. The summed E-state index contributed by atoms with van der Waals surface area (Å²) in [6, 6.07) is 16.2. The normalized spacial score (nSPS) is 21.5. The first-order valence-electron chi connectivity index (χ1n) is 10.1. The highest BCUT2D eigenvalue weighted by atomic mass is 32.2. The SMILES string of the molecule is O=C1CS[C@H](c2cn(-c3ccccc3)nc2-c2ccc(F)cc2)N1C[C@H]1CCCO1. The Kier molecular flexibility index (Phi) is 5.31. The number of hydrogen-bond donors (Lipinski definition) is 0. The van der Waals surface area contributed by atoms with Gasteiger partial charge in [-0.2, -0.15) is 5.10 Å². The molecule has 2 aromatic carbocycles. The lowest BCUT2D eigenvalue weighted by Gasteiger charge is -2.26. The molecule has 0 bridgehead atoms. The van der Waals surface area contributed by atoms with E-state index in [1.165, 1.54) is 12.1 Å². The van der Waals surface area contributed by atoms with Crippen LogP contribution in [0.25, 0.3) is 16.9 Å². The van der Waals surface area contributed by atoms with Gasteiger partial charge in [0, 0.05) is 30.5 Å². The minimum Gasteiger partial charge on any atom is -0.376 e. The predicted octanol–water partition coefficient (Wildman–Crippen LogP) is 4.43. The van der Waals surface area contributed by atoms with Gasteiger partial charge in [0.05, 0.1) is 23.2 Å². The molecule has 30 heavy (non-hydrogen) atoms. The van der Waals surface area contributed by atoms with E-state index in [9.17, 15) is 9.18 Å². The van der Waals surface area contributed by atoms with Crippen LogP contribution in [0.1, 0.15) is 23.8 Å². The number of para-hydroxylation sites is 1. The predicted molar refractivity (Wildman–Crippen MR) is 115 cm³/mol. The topological polar surface area (TPSA) is 47.4 Å². The number of amides is 1. The molecule has 0 spiro atoms. The first kappa shape index (κ1) is 19.3. The Labute approximate surface area is 178 Å². The van der Waals surface area contributed by atoms with Gasteiger partial charge in [-0.25, -0.2) is 9.07 Å². The van der Waals surface area contributed by atoms with E-state index < -0.39 is 0 Å². The molecular weight excluding hydrogens is 401 g/mol. The summed E-state index contributed by atoms with van der Waals surface area (Å²) in [6.07, 6.45) is 4.10. The van der Waals surface area contributed by atoms with Gasteiger partial charge < -0.3 is 9.64 Å². The molecule has 0 N–H and O–H groups in total. The van der Waals surface area contributed by atoms with E-state index in [4.69, 9.17) is 9.84 Å². The molecule has 2 aliphatic heterocycles. The van der Waals surface area contributed by atoms with Crippen LogP contribution in [0.3, 0.4) is 0 Å². The number of aromatic nitrogens is 2. The zero-order valence-electron chi connectivity index (χ0n) is 16.4. The van der Waals surface area contributed by atoms with Gasteiger partial charge in [0.1, 0.15) is 11.2 Å². The van der Waals surface area contributed by atoms with Crippen molar-refractivity contribution in [1.82, 2.24) is 14.7 Å². The molecule has 1 aromatic heterocycles. The van der Waals surface area contributed by atoms with Gasteiger partial charge >= 0.3 is 0 Å². The monoisotopic (exact) mass is 423 g/mol. The summed E-state index contributed by atoms with van der Waals surface area (Å²) in [5, 5.41) is 4.69. The van der Waals surface area contributed by atoms with Crippen LogP contribution in [0.15, 0.2) is 60.8 Å². The fourth-order valence-corrected chi connectivity index (χ4v) is 5.23. The van der Waals surface area contributed by atoms with Gasteiger partial charge in [-0.3, -0.25) is 4.79 Å². The summed E-state index contributed by atoms with van der Waals surface area (Å²) in [5.74, 6) is 0.280. The van der Waals surface area contributed by atoms with Crippen molar-refractivity contribution in [3.63, 3.8) is 0 Å². The molecule has 2 aliphatic rings. The average molecular weight is 424 g/mol. The van der Waals surface area contributed by atoms with Crippen LogP contribution in [-0.2, 0) is 9.53 Å². The van der Waals surface area contributed by atoms with E-state index in [2.05, 4.69) is 0 Å². The number of rotatable bonds is 5. The van der Waals surface area contributed by atoms with Crippen LogP contribution in [0.4, 0.5) is 4.39 Å². The molecule has 5 rings (SSSR count). The van der Waals surface area contributed by atoms with Crippen molar-refractivity contribution in [2.24, 2.45) is 0 Å². The number of nitrogens with zero attached hydrogens (tertiary/aromatic N) is 3. The molecule has 0 saturated carbocycles. The molecule has 0 radical (unpaired) electrons. The smallest absolute Gasteiger partial charge is 0.233 e. The van der Waals surface area contributed by atoms with Crippen molar-refractivity contribution in [1.29, 1.82) is 0 Å². The standard InChI is InChI=1S/C23H22FN3O2S/c24-17-10-8-16(9-11-17)22-20(14-27(25-22)18-5-2-1-3-6-18)23-26(21(28)15-30-23)13-19-7-4-12-29-19/h1-3,5-6,8-11,14,19,23H,4,7,12-13,15H2/t19-,23-/m1/s1. The van der Waals surface area contributed by atoms with E-state index in [1.807, 2.05) is 46.1 Å². The highest BCUT2D eigenvalue weighted by Gasteiger charge is 2.37. The lowest BCUT2D eigenvalue weighted by molar-refractivity contribution is -0.129. The van der Waals surface area contributed by atoms with E-state index in [1.54, 1.807) is 23.9 Å². The van der Waals surface area contributed by atoms with Crippen molar-refractivity contribution in [3.8, 4) is 16.9 Å². The van der Waals surface area contributed by atoms with E-state index in [-0.39, 0.29) is 23.2 Å². The van der Waals surface area contributed by atoms with Crippen molar-refractivity contribution >= 4 is 17.7 Å². The number of ether oxygens (including phenoxy) is 1. The van der Waals surface area contributed by atoms with Crippen LogP contribution in [0.2, 0.25) is 0 Å². The molecule has 154 valence electrons. The molecule has 5 nitrogen and oxygen atoms in total. The van der Waals surface area contributed by atoms with Gasteiger partial charge in [-0.05, 0) is 49.2 Å². The minimum atomic E-state index is -0.284. The average Bonchev–Trinajstić information content (AvgIpc) is 3.51. The second-order valence-electron chi connectivity index (χ2n) is 7.56. The molecular formula is C23H22FN3O2S. The summed E-state index contributed by atoms with van der Waals surface area (Å²) in [7, 11) is 0. The molecule has 2 atom stereocenters. The van der Waals surface area contributed by atoms with Crippen LogP contribution >= 0.6 is 11.8 Å². The Morgan fingerprint density at radius 3 is 2.67 bits per heavy atom. The summed E-state index contributed by atoms with van der Waals surface area (Å²) in [4.78, 5) is 14.6. The maximum atomic E-state index is 13.5. The maximum Gasteiger partial charge on any atom is 0.233 e. The first-order chi connectivity index (χ1) is 14.7. The van der Waals surface area contributed by atoms with E-state index in [0.717, 1.165) is 42.0 Å². The van der Waals surface area contributed by atoms with Crippen molar-refractivity contribution in [2.45, 2.75) is 24.3 Å². The summed E-state index contributed by atoms with van der Waals surface area (Å²) in [6.45, 7) is 1.35. The second-order valence-corrected chi connectivity index (χ2v) is 8.63. The van der Waals surface area contributed by atoms with Gasteiger partial charge in [-0.15, -0.1) is 11.8 Å². The number of carbonyl (C=O) groups is 1. The second kappa shape index (κ2) is 8.24. The quantitative estimate of drug-likeness (QED) is 0.609. The Morgan fingerprint density at radius 2 is 1.93 bits per heavy atom. The van der Waals surface area contributed by atoms with Crippen LogP contribution in [0.5, 0.6) is 0 Å². The van der Waals surface area contributed by atoms with Crippen molar-refractivity contribution < 1.29 is 13.9 Å². The Bertz CT molecular complexity index is 1030. The van der Waals surface area contributed by atoms with Gasteiger partial charge in [0.25, 0.3) is 0 Å². The van der Waals surface area contributed by atoms with Crippen molar-refractivity contribution in [2.75, 3.05) is 18.9 Å². The maximum absolute atomic E-state index is 13.5. The third-order valence-corrected chi connectivity index (χ3v) is 6.78. The third kappa shape index (κ3) is 3.75. The van der Waals surface area contributed by atoms with Gasteiger partial charge in [-0.1, -0.05) is 18.2 Å². The fraction of sp³-hybridized carbons (Fsp3) is 0.304. The molecule has 3 heterocycles. The molecule has 3 aromatic rings. The van der Waals surface area contributed by atoms with Crippen LogP contribution in [-0.4, -0.2) is 45.6 Å². The molecule has 2 fully saturated rings. The zero-order chi connectivity index (χ0) is 20.5. The number of hydrogen-bond acceptors (Lipinski definition) is 4. The molecule has 7 heteroatoms. The fourth-order valence-electron chi connectivity index (χ4n) is 4.03. The van der Waals surface area contributed by atoms with Gasteiger partial charge in [0.15, 0.2) is 0 Å². The van der Waals surface area contributed by atoms with E-state index in [0.29, 0.717) is 12.3 Å². The van der Waals surface area contributed by atoms with Gasteiger partial charge in [0.2, 0.25) is 5.91 Å². The number of carbonyl (C=O) groups excluding carboxylic acids is 1. The highest BCUT2D eigenvalue weighted by molar-refractivity contribution is 8.00. The molecule has 2 saturated heterocycles. The molecule has 1 amide bonds. The molecule has 0 aliphatic carbocycles. The van der Waals surface area contributed by atoms with Crippen LogP contribution < -0.4 is 0 Å². The minimum absolute atomic E-state index is 0.0913. The molecule has 0 unspecified atom stereocenters. The van der Waals surface area contributed by atoms with Crippen molar-refractivity contribution in [3.05, 3.63) is 72.2 Å². The number of benzene rings is 2. The Balaban J connectivity index is 1.56. The highest BCUT2D eigenvalue weighted by Crippen LogP contribution is 2.43. The summed E-state index contributed by atoms with van der Waals surface area (Å²) < 4.78 is 21.1. The third-order valence-electron chi connectivity index (χ3n) is 5.54. The summed E-state index contributed by atoms with van der Waals surface area (Å²) in [5.41, 5.74) is 3.49. The van der Waals surface area contributed by atoms with E-state index >= 15 is 0 Å². The Morgan fingerprint density at radius 1 is 1.13 bits per heavy atom. The number of thioether (sulfide) groups is 1. The zero-order valence-corrected chi connectivity index (χ0v) is 17.2. The lowest BCUT2D eigenvalue weighted by Crippen LogP contribution is -2.35. The van der Waals surface area contributed by atoms with Crippen LogP contribution in [0, 0.1) is 5.82 Å². The first-order valence-corrected chi connectivity index (χ1v) is 11.2. The largest absolute Gasteiger partial charge is 0.376 e. The summed E-state index contributed by atoms with van der Waals surface area (Å²) >= 11 is 1.61.